The van der Waals surface area contributed by atoms with Gasteiger partial charge in [0.2, 0.25) is 0 Å². The van der Waals surface area contributed by atoms with Gasteiger partial charge in [0.1, 0.15) is 26.4 Å². The number of carbonyl (C=O) groups is 2. The molecule has 0 aromatic carbocycles. The summed E-state index contributed by atoms with van der Waals surface area (Å²) in [5.74, 6) is -0.948. The second-order valence-corrected chi connectivity index (χ2v) is 4.16. The minimum atomic E-state index is -0.474. The zero-order valence-electron chi connectivity index (χ0n) is 11.4. The quantitative estimate of drug-likeness (QED) is 0.477. The van der Waals surface area contributed by atoms with Gasteiger partial charge < -0.3 is 18.9 Å². The summed E-state index contributed by atoms with van der Waals surface area (Å²) >= 11 is 0. The van der Waals surface area contributed by atoms with Crippen molar-refractivity contribution in [3.63, 3.8) is 0 Å². The van der Waals surface area contributed by atoms with Crippen LogP contribution in [0.3, 0.4) is 0 Å². The van der Waals surface area contributed by atoms with Crippen molar-refractivity contribution in [3.05, 3.63) is 0 Å². The standard InChI is InChI=1S/C12H22O6.4CH4/c1-9(2)17-7-11(13)15-5-6-16-12(14)8-18-10(3)4;;;;/h9-10H,5-8H2,1-4H3;4*1H4. The third-order valence-corrected chi connectivity index (χ3v) is 1.68. The molecule has 138 valence electrons. The zero-order valence-corrected chi connectivity index (χ0v) is 11.4. The number of hydrogen-bond donors (Lipinski definition) is 0. The van der Waals surface area contributed by atoms with Crippen LogP contribution in [0, 0.1) is 0 Å². The van der Waals surface area contributed by atoms with E-state index in [-0.39, 0.29) is 68.3 Å². The Morgan fingerprint density at radius 3 is 1.18 bits per heavy atom. The van der Waals surface area contributed by atoms with Gasteiger partial charge in [-0.2, -0.15) is 0 Å². The van der Waals surface area contributed by atoms with E-state index in [0.717, 1.165) is 0 Å². The molecule has 0 aliphatic carbocycles. The highest BCUT2D eigenvalue weighted by molar-refractivity contribution is 5.71. The van der Waals surface area contributed by atoms with Crippen molar-refractivity contribution in [3.8, 4) is 0 Å². The minimum absolute atomic E-state index is 0. The van der Waals surface area contributed by atoms with Gasteiger partial charge in [0, 0.05) is 0 Å². The Kier molecular flexibility index (Phi) is 29.5. The Morgan fingerprint density at radius 2 is 0.955 bits per heavy atom. The van der Waals surface area contributed by atoms with Crippen molar-refractivity contribution in [1.29, 1.82) is 0 Å². The van der Waals surface area contributed by atoms with Crippen molar-refractivity contribution in [2.45, 2.75) is 69.6 Å². The van der Waals surface area contributed by atoms with Crippen molar-refractivity contribution in [1.82, 2.24) is 0 Å². The molecule has 0 radical (unpaired) electrons. The summed E-state index contributed by atoms with van der Waals surface area (Å²) in [5, 5.41) is 0. The summed E-state index contributed by atoms with van der Waals surface area (Å²) in [6, 6.07) is 0. The lowest BCUT2D eigenvalue weighted by molar-refractivity contribution is -0.159. The van der Waals surface area contributed by atoms with E-state index in [9.17, 15) is 9.59 Å². The van der Waals surface area contributed by atoms with E-state index in [2.05, 4.69) is 0 Å². The molecule has 0 saturated carbocycles. The summed E-state index contributed by atoms with van der Waals surface area (Å²) in [4.78, 5) is 22.2. The molecule has 0 atom stereocenters. The van der Waals surface area contributed by atoms with Gasteiger partial charge in [-0.05, 0) is 27.7 Å². The molecule has 0 fully saturated rings. The first-order valence-corrected chi connectivity index (χ1v) is 5.96. The molecule has 0 spiro atoms. The lowest BCUT2D eigenvalue weighted by Crippen LogP contribution is -2.21. The second-order valence-electron chi connectivity index (χ2n) is 4.16. The molecule has 6 heteroatoms. The molecule has 0 rings (SSSR count). The van der Waals surface area contributed by atoms with Crippen LogP contribution in [-0.4, -0.2) is 50.6 Å². The largest absolute Gasteiger partial charge is 0.460 e. The Labute approximate surface area is 137 Å². The molecular formula is C16H38O6. The number of ether oxygens (including phenoxy) is 4. The number of esters is 2. The lowest BCUT2D eigenvalue weighted by atomic mass is 10.5. The smallest absolute Gasteiger partial charge is 0.332 e. The van der Waals surface area contributed by atoms with Gasteiger partial charge in [0.05, 0.1) is 12.2 Å². The predicted octanol–water partition coefficient (Wildman–Crippen LogP) is 3.47. The van der Waals surface area contributed by atoms with E-state index in [1.54, 1.807) is 0 Å². The van der Waals surface area contributed by atoms with Crippen LogP contribution >= 0.6 is 0 Å². The fourth-order valence-electron chi connectivity index (χ4n) is 0.864. The molecule has 0 heterocycles. The van der Waals surface area contributed by atoms with E-state index in [4.69, 9.17) is 18.9 Å². The van der Waals surface area contributed by atoms with E-state index < -0.39 is 11.9 Å². The van der Waals surface area contributed by atoms with Crippen LogP contribution in [0.2, 0.25) is 0 Å². The van der Waals surface area contributed by atoms with Gasteiger partial charge in [0.15, 0.2) is 0 Å². The molecule has 0 bridgehead atoms. The van der Waals surface area contributed by atoms with Gasteiger partial charge in [0.25, 0.3) is 0 Å². The lowest BCUT2D eigenvalue weighted by Gasteiger charge is -2.09. The van der Waals surface area contributed by atoms with Gasteiger partial charge in [-0.3, -0.25) is 0 Å². The Hall–Kier alpha value is -1.14. The van der Waals surface area contributed by atoms with Crippen molar-refractivity contribution >= 4 is 11.9 Å². The maximum Gasteiger partial charge on any atom is 0.332 e. The maximum atomic E-state index is 11.1. The highest BCUT2D eigenvalue weighted by Crippen LogP contribution is 1.91. The monoisotopic (exact) mass is 326 g/mol. The van der Waals surface area contributed by atoms with Gasteiger partial charge in [-0.25, -0.2) is 9.59 Å². The highest BCUT2D eigenvalue weighted by Gasteiger charge is 2.07. The topological polar surface area (TPSA) is 71.1 Å². The molecule has 6 nitrogen and oxygen atoms in total. The number of rotatable bonds is 9. The minimum Gasteiger partial charge on any atom is -0.460 e. The molecule has 0 amide bonds. The van der Waals surface area contributed by atoms with E-state index in [0.29, 0.717) is 0 Å². The zero-order chi connectivity index (χ0) is 14.0. The molecule has 0 unspecified atom stereocenters. The average Bonchev–Trinajstić information content (AvgIpc) is 2.29. The van der Waals surface area contributed by atoms with Crippen LogP contribution in [0.5, 0.6) is 0 Å². The van der Waals surface area contributed by atoms with Crippen LogP contribution in [0.15, 0.2) is 0 Å². The highest BCUT2D eigenvalue weighted by atomic mass is 16.6. The summed E-state index contributed by atoms with van der Waals surface area (Å²) in [5.41, 5.74) is 0. The number of hydrogen-bond acceptors (Lipinski definition) is 6. The molecule has 0 aliphatic rings. The second kappa shape index (κ2) is 19.9. The van der Waals surface area contributed by atoms with Crippen LogP contribution in [-0.2, 0) is 28.5 Å². The van der Waals surface area contributed by atoms with Crippen LogP contribution in [0.4, 0.5) is 0 Å². The molecule has 0 aliphatic heterocycles. The van der Waals surface area contributed by atoms with Crippen molar-refractivity contribution in [2.24, 2.45) is 0 Å². The van der Waals surface area contributed by atoms with E-state index in [1.807, 2.05) is 27.7 Å². The van der Waals surface area contributed by atoms with Crippen LogP contribution < -0.4 is 0 Å². The molecule has 0 N–H and O–H groups in total. The van der Waals surface area contributed by atoms with Crippen LogP contribution in [0.25, 0.3) is 0 Å². The summed E-state index contributed by atoms with van der Waals surface area (Å²) in [6.07, 6.45) is -0.0490. The Morgan fingerprint density at radius 1 is 0.682 bits per heavy atom. The number of carbonyl (C=O) groups excluding carboxylic acids is 2. The molecule has 22 heavy (non-hydrogen) atoms. The summed E-state index contributed by atoms with van der Waals surface area (Å²) < 4.78 is 19.7. The average molecular weight is 326 g/mol. The van der Waals surface area contributed by atoms with Crippen molar-refractivity contribution in [2.75, 3.05) is 26.4 Å². The first kappa shape index (κ1) is 32.7. The predicted molar refractivity (Wildman–Crippen MR) is 91.0 cm³/mol. The SMILES string of the molecule is C.C.C.C.CC(C)OCC(=O)OCCOC(=O)COC(C)C. The normalized spacial score (nSPS) is 8.82. The maximum absolute atomic E-state index is 11.1. The van der Waals surface area contributed by atoms with Crippen molar-refractivity contribution < 1.29 is 28.5 Å². The molecular weight excluding hydrogens is 288 g/mol. The molecule has 0 aromatic heterocycles. The van der Waals surface area contributed by atoms with E-state index >= 15 is 0 Å². The fraction of sp³-hybridized carbons (Fsp3) is 0.875. The first-order valence-electron chi connectivity index (χ1n) is 5.96. The van der Waals surface area contributed by atoms with Gasteiger partial charge in [-0.15, -0.1) is 0 Å². The Balaban J connectivity index is -0.000000241. The van der Waals surface area contributed by atoms with Crippen LogP contribution in [0.1, 0.15) is 57.4 Å². The van der Waals surface area contributed by atoms with Gasteiger partial charge >= 0.3 is 11.9 Å². The Bertz CT molecular complexity index is 225. The van der Waals surface area contributed by atoms with Gasteiger partial charge in [-0.1, -0.05) is 29.7 Å². The first-order chi connectivity index (χ1) is 8.41. The third kappa shape index (κ3) is 23.9. The summed E-state index contributed by atoms with van der Waals surface area (Å²) in [6.45, 7) is 7.15. The fourth-order valence-corrected chi connectivity index (χ4v) is 0.864. The van der Waals surface area contributed by atoms with E-state index in [1.165, 1.54) is 0 Å². The molecule has 0 saturated heterocycles. The summed E-state index contributed by atoms with van der Waals surface area (Å²) in [7, 11) is 0. The molecule has 0 aromatic rings. The third-order valence-electron chi connectivity index (χ3n) is 1.68.